The number of imidazole rings is 1. The molecule has 1 aromatic carbocycles. The van der Waals surface area contributed by atoms with Crippen LogP contribution in [-0.2, 0) is 20.8 Å². The molecule has 1 saturated heterocycles. The molecule has 2 aromatic rings. The van der Waals surface area contributed by atoms with E-state index in [9.17, 15) is 14.4 Å². The lowest BCUT2D eigenvalue weighted by molar-refractivity contribution is -0.124. The molecule has 2 atom stereocenters. The van der Waals surface area contributed by atoms with Crippen LogP contribution in [0.4, 0.5) is 4.79 Å². The van der Waals surface area contributed by atoms with Crippen LogP contribution in [0.5, 0.6) is 0 Å². The number of unbranched alkanes of at least 4 members (excludes halogenated alkanes) is 1. The lowest BCUT2D eigenvalue weighted by atomic mass is 9.92. The van der Waals surface area contributed by atoms with Gasteiger partial charge in [-0.3, -0.25) is 9.59 Å². The number of aryl methyl sites for hydroxylation is 1. The maximum Gasteiger partial charge on any atom is 0.410 e. The minimum Gasteiger partial charge on any atom is -0.444 e. The van der Waals surface area contributed by atoms with Crippen LogP contribution in [0.25, 0.3) is 11.0 Å². The summed E-state index contributed by atoms with van der Waals surface area (Å²) in [6.07, 6.45) is 1.55. The molecular weight excluding hydrogens is 486 g/mol. The molecule has 0 aliphatic carbocycles. The number of nitrogens with zero attached hydrogens (tertiary/aromatic N) is 4. The van der Waals surface area contributed by atoms with Gasteiger partial charge in [0.1, 0.15) is 5.60 Å². The second-order valence-electron chi connectivity index (χ2n) is 11.5. The molecule has 2 N–H and O–H groups in total. The predicted octanol–water partition coefficient (Wildman–Crippen LogP) is 3.67. The van der Waals surface area contributed by atoms with Gasteiger partial charge in [-0.05, 0) is 58.1 Å². The molecule has 3 amide bonds. The topological polar surface area (TPSA) is 120 Å². The van der Waals surface area contributed by atoms with Crippen molar-refractivity contribution in [2.75, 3.05) is 33.4 Å². The number of rotatable bonds is 10. The van der Waals surface area contributed by atoms with Crippen molar-refractivity contribution in [3.05, 3.63) is 30.1 Å². The molecule has 0 spiro atoms. The Morgan fingerprint density at radius 1 is 1.16 bits per heavy atom. The molecule has 0 radical (unpaired) electrons. The number of hydrogen-bond donors (Lipinski definition) is 1. The summed E-state index contributed by atoms with van der Waals surface area (Å²) in [6, 6.07) is 7.30. The zero-order chi connectivity index (χ0) is 28.0. The van der Waals surface area contributed by atoms with Crippen molar-refractivity contribution < 1.29 is 23.9 Å². The number of likely N-dealkylation sites (tertiary alicyclic amines) is 1. The van der Waals surface area contributed by atoms with E-state index in [0.717, 1.165) is 23.9 Å². The number of nitrogens with two attached hydrogens (primary N) is 1. The van der Waals surface area contributed by atoms with Gasteiger partial charge in [-0.1, -0.05) is 26.0 Å². The van der Waals surface area contributed by atoms with Gasteiger partial charge < -0.3 is 29.6 Å². The van der Waals surface area contributed by atoms with Crippen LogP contribution in [0.2, 0.25) is 0 Å². The maximum absolute atomic E-state index is 14.2. The Morgan fingerprint density at radius 3 is 2.50 bits per heavy atom. The number of aromatic nitrogens is 2. The van der Waals surface area contributed by atoms with Gasteiger partial charge in [0.15, 0.2) is 5.82 Å². The molecular formula is C28H43N5O5. The number of hydrogen-bond acceptors (Lipinski definition) is 6. The largest absolute Gasteiger partial charge is 0.444 e. The van der Waals surface area contributed by atoms with Crippen molar-refractivity contribution in [2.45, 2.75) is 72.1 Å². The predicted molar refractivity (Wildman–Crippen MR) is 146 cm³/mol. The molecule has 0 bridgehead atoms. The second kappa shape index (κ2) is 12.6. The normalized spacial score (nSPS) is 18.1. The summed E-state index contributed by atoms with van der Waals surface area (Å²) >= 11 is 0. The Morgan fingerprint density at radius 2 is 1.87 bits per heavy atom. The Hall–Kier alpha value is -3.14. The number of primary amides is 1. The molecule has 210 valence electrons. The number of benzene rings is 1. The summed E-state index contributed by atoms with van der Waals surface area (Å²) in [4.78, 5) is 47.5. The average molecular weight is 530 g/mol. The fourth-order valence-corrected chi connectivity index (χ4v) is 4.88. The molecule has 38 heavy (non-hydrogen) atoms. The molecule has 1 aliphatic heterocycles. The van der Waals surface area contributed by atoms with E-state index in [1.54, 1.807) is 32.8 Å². The molecule has 0 saturated carbocycles. The van der Waals surface area contributed by atoms with Crippen LogP contribution in [0.15, 0.2) is 24.3 Å². The molecule has 2 heterocycles. The first-order valence-corrected chi connectivity index (χ1v) is 13.4. The number of methoxy groups -OCH3 is 1. The van der Waals surface area contributed by atoms with Gasteiger partial charge in [-0.2, -0.15) is 0 Å². The summed E-state index contributed by atoms with van der Waals surface area (Å²) in [6.45, 7) is 11.6. The van der Waals surface area contributed by atoms with E-state index in [0.29, 0.717) is 31.9 Å². The van der Waals surface area contributed by atoms with Crippen LogP contribution < -0.4 is 5.73 Å². The third-order valence-corrected chi connectivity index (χ3v) is 6.57. The van der Waals surface area contributed by atoms with Crippen LogP contribution in [0, 0.1) is 11.8 Å². The van der Waals surface area contributed by atoms with E-state index in [1.807, 2.05) is 42.7 Å². The third kappa shape index (κ3) is 7.46. The van der Waals surface area contributed by atoms with Gasteiger partial charge >= 0.3 is 6.09 Å². The van der Waals surface area contributed by atoms with Crippen LogP contribution >= 0.6 is 0 Å². The fourth-order valence-electron chi connectivity index (χ4n) is 4.88. The van der Waals surface area contributed by atoms with Crippen LogP contribution in [0.1, 0.15) is 64.5 Å². The van der Waals surface area contributed by atoms with Crippen molar-refractivity contribution in [1.29, 1.82) is 0 Å². The quantitative estimate of drug-likeness (QED) is 0.469. The number of para-hydroxylation sites is 2. The lowest BCUT2D eigenvalue weighted by Gasteiger charge is -2.42. The molecule has 10 nitrogen and oxygen atoms in total. The van der Waals surface area contributed by atoms with E-state index in [2.05, 4.69) is 0 Å². The zero-order valence-electron chi connectivity index (χ0n) is 23.6. The number of carbonyl (C=O) groups is 3. The minimum atomic E-state index is -0.687. The molecule has 1 fully saturated rings. The first-order chi connectivity index (χ1) is 17.9. The number of piperidine rings is 1. The molecule has 1 unspecified atom stereocenters. The fraction of sp³-hybridized carbons (Fsp3) is 0.643. The summed E-state index contributed by atoms with van der Waals surface area (Å²) in [7, 11) is 1.68. The van der Waals surface area contributed by atoms with E-state index in [4.69, 9.17) is 20.2 Å². The second-order valence-corrected chi connectivity index (χ2v) is 11.5. The van der Waals surface area contributed by atoms with E-state index in [-0.39, 0.29) is 24.9 Å². The van der Waals surface area contributed by atoms with Crippen molar-refractivity contribution >= 4 is 28.9 Å². The lowest BCUT2D eigenvalue weighted by Crippen LogP contribution is -2.57. The van der Waals surface area contributed by atoms with E-state index in [1.165, 1.54) is 4.90 Å². The molecule has 1 aliphatic rings. The third-order valence-electron chi connectivity index (χ3n) is 6.57. The standard InChI is InChI=1S/C28H43N5O5/c1-19(2)16-33(21-15-20(24(29)34)17-31(18-21)27(36)38-28(3,4)5)26(35)25-30-22-11-7-8-12-23(22)32(25)13-9-10-14-37-6/h7-8,11-12,19-21H,9-10,13-18H2,1-6H3,(H2,29,34)/t20?,21-/m0/s1. The first-order valence-electron chi connectivity index (χ1n) is 13.4. The van der Waals surface area contributed by atoms with Gasteiger partial charge in [0, 0.05) is 39.9 Å². The monoisotopic (exact) mass is 529 g/mol. The van der Waals surface area contributed by atoms with E-state index >= 15 is 0 Å². The highest BCUT2D eigenvalue weighted by molar-refractivity contribution is 5.95. The zero-order valence-corrected chi connectivity index (χ0v) is 23.6. The van der Waals surface area contributed by atoms with E-state index < -0.39 is 29.6 Å². The van der Waals surface area contributed by atoms with Crippen molar-refractivity contribution in [3.8, 4) is 0 Å². The van der Waals surface area contributed by atoms with Crippen LogP contribution in [-0.4, -0.2) is 82.3 Å². The van der Waals surface area contributed by atoms with Crippen LogP contribution in [0.3, 0.4) is 0 Å². The number of fused-ring (bicyclic) bond motifs is 1. The van der Waals surface area contributed by atoms with Gasteiger partial charge in [0.05, 0.1) is 23.0 Å². The maximum atomic E-state index is 14.2. The van der Waals surface area contributed by atoms with Gasteiger partial charge in [0.25, 0.3) is 5.91 Å². The van der Waals surface area contributed by atoms with Gasteiger partial charge in [0.2, 0.25) is 5.91 Å². The average Bonchev–Trinajstić information content (AvgIpc) is 3.22. The van der Waals surface area contributed by atoms with Gasteiger partial charge in [-0.15, -0.1) is 0 Å². The van der Waals surface area contributed by atoms with Crippen molar-refractivity contribution in [2.24, 2.45) is 17.6 Å². The highest BCUT2D eigenvalue weighted by Crippen LogP contribution is 2.26. The highest BCUT2D eigenvalue weighted by Gasteiger charge is 2.40. The highest BCUT2D eigenvalue weighted by atomic mass is 16.6. The summed E-state index contributed by atoms with van der Waals surface area (Å²) in [5.41, 5.74) is 6.67. The molecule has 3 rings (SSSR count). The minimum absolute atomic E-state index is 0.155. The number of ether oxygens (including phenoxy) is 2. The summed E-state index contributed by atoms with van der Waals surface area (Å²) in [5.74, 6) is -0.792. The Kier molecular flexibility index (Phi) is 9.76. The number of amides is 3. The number of carbonyl (C=O) groups excluding carboxylic acids is 3. The first kappa shape index (κ1) is 29.4. The summed E-state index contributed by atoms with van der Waals surface area (Å²) in [5, 5.41) is 0. The Bertz CT molecular complexity index is 1120. The smallest absolute Gasteiger partial charge is 0.410 e. The Balaban J connectivity index is 1.97. The van der Waals surface area contributed by atoms with Crippen molar-refractivity contribution in [1.82, 2.24) is 19.4 Å². The Labute approximate surface area is 225 Å². The SMILES string of the molecule is COCCCCn1c(C(=O)N(CC(C)C)[C@H]2CC(C(N)=O)CN(C(=O)OC(C)(C)C)C2)nc2ccccc21. The van der Waals surface area contributed by atoms with Crippen molar-refractivity contribution in [3.63, 3.8) is 0 Å². The summed E-state index contributed by atoms with van der Waals surface area (Å²) < 4.78 is 12.8. The molecule has 1 aromatic heterocycles. The molecule has 10 heteroatoms. The van der Waals surface area contributed by atoms with Gasteiger partial charge in [-0.25, -0.2) is 9.78 Å².